The van der Waals surface area contributed by atoms with Gasteiger partial charge >= 0.3 is 0 Å². The summed E-state index contributed by atoms with van der Waals surface area (Å²) in [5, 5.41) is 13.5. The Morgan fingerprint density at radius 1 is 1.21 bits per heavy atom. The summed E-state index contributed by atoms with van der Waals surface area (Å²) in [5.74, 6) is 0.155. The van der Waals surface area contributed by atoms with E-state index in [9.17, 15) is 4.79 Å². The van der Waals surface area contributed by atoms with Gasteiger partial charge in [0.15, 0.2) is 11.5 Å². The molecule has 0 saturated heterocycles. The molecule has 4 aromatic rings. The second kappa shape index (κ2) is 6.17. The minimum absolute atomic E-state index is 0.285. The lowest BCUT2D eigenvalue weighted by Crippen LogP contribution is -2.13. The molecule has 0 spiro atoms. The minimum Gasteiger partial charge on any atom is -0.304 e. The van der Waals surface area contributed by atoms with Gasteiger partial charge in [-0.2, -0.15) is 5.10 Å². The van der Waals surface area contributed by atoms with Gasteiger partial charge in [0, 0.05) is 29.2 Å². The van der Waals surface area contributed by atoms with Crippen LogP contribution in [0.1, 0.15) is 16.1 Å². The summed E-state index contributed by atoms with van der Waals surface area (Å²) in [4.78, 5) is 16.4. The molecule has 1 N–H and O–H groups in total. The van der Waals surface area contributed by atoms with E-state index in [2.05, 4.69) is 25.0 Å². The van der Waals surface area contributed by atoms with Gasteiger partial charge < -0.3 is 5.32 Å². The highest BCUT2D eigenvalue weighted by atomic mass is 32.1. The maximum absolute atomic E-state index is 12.0. The first-order valence-corrected chi connectivity index (χ1v) is 8.08. The van der Waals surface area contributed by atoms with Crippen LogP contribution in [0.15, 0.2) is 54.2 Å². The molecule has 0 fully saturated rings. The van der Waals surface area contributed by atoms with Gasteiger partial charge in [0.05, 0.1) is 12.1 Å². The summed E-state index contributed by atoms with van der Waals surface area (Å²) >= 11 is 1.13. The molecular weight excluding hydrogens is 324 g/mol. The van der Waals surface area contributed by atoms with E-state index in [0.29, 0.717) is 12.4 Å². The molecule has 4 rings (SSSR count). The number of carbonyl (C=O) groups excluding carboxylic acids is 1. The van der Waals surface area contributed by atoms with Gasteiger partial charge in [-0.1, -0.05) is 28.8 Å². The molecule has 0 unspecified atom stereocenters. The Morgan fingerprint density at radius 2 is 2.12 bits per heavy atom. The van der Waals surface area contributed by atoms with Crippen LogP contribution >= 0.6 is 11.5 Å². The van der Waals surface area contributed by atoms with E-state index >= 15 is 0 Å². The predicted molar refractivity (Wildman–Crippen MR) is 90.9 cm³/mol. The number of rotatable bonds is 4. The molecule has 24 heavy (non-hydrogen) atoms. The lowest BCUT2D eigenvalue weighted by atomic mass is 10.1. The number of nitrogens with one attached hydrogen (secondary N) is 1. The molecule has 1 aromatic carbocycles. The monoisotopic (exact) mass is 336 g/mol. The first-order valence-electron chi connectivity index (χ1n) is 7.24. The number of para-hydroxylation sites is 1. The normalized spacial score (nSPS) is 10.8. The second-order valence-electron chi connectivity index (χ2n) is 5.14. The van der Waals surface area contributed by atoms with Gasteiger partial charge in [-0.25, -0.2) is 0 Å². The average molecular weight is 336 g/mol. The first-order chi connectivity index (χ1) is 11.8. The summed E-state index contributed by atoms with van der Waals surface area (Å²) < 4.78 is 5.44. The van der Waals surface area contributed by atoms with Crippen molar-refractivity contribution in [3.05, 3.63) is 65.4 Å². The second-order valence-corrected chi connectivity index (χ2v) is 5.74. The molecule has 3 aromatic heterocycles. The highest BCUT2D eigenvalue weighted by Gasteiger charge is 2.11. The summed E-state index contributed by atoms with van der Waals surface area (Å²) in [6.07, 6.45) is 3.60. The third-order valence-electron chi connectivity index (χ3n) is 3.52. The number of pyridine rings is 1. The molecule has 0 saturated carbocycles. The fourth-order valence-electron chi connectivity index (χ4n) is 2.43. The van der Waals surface area contributed by atoms with Crippen LogP contribution < -0.4 is 5.32 Å². The van der Waals surface area contributed by atoms with E-state index in [0.717, 1.165) is 28.0 Å². The smallest absolute Gasteiger partial charge is 0.278 e. The van der Waals surface area contributed by atoms with Crippen molar-refractivity contribution in [2.24, 2.45) is 0 Å². The average Bonchev–Trinajstić information content (AvgIpc) is 3.27. The van der Waals surface area contributed by atoms with Crippen LogP contribution in [0.2, 0.25) is 0 Å². The number of carbonyl (C=O) groups is 1. The molecule has 118 valence electrons. The number of amides is 1. The van der Waals surface area contributed by atoms with E-state index in [1.807, 2.05) is 36.5 Å². The Kier molecular flexibility index (Phi) is 3.72. The van der Waals surface area contributed by atoms with Gasteiger partial charge in [-0.3, -0.25) is 14.5 Å². The zero-order valence-electron chi connectivity index (χ0n) is 12.5. The number of nitrogens with zero attached hydrogens (tertiary/aromatic N) is 5. The van der Waals surface area contributed by atoms with Crippen LogP contribution in [0.25, 0.3) is 10.9 Å². The van der Waals surface area contributed by atoms with Crippen molar-refractivity contribution in [3.63, 3.8) is 0 Å². The number of aromatic nitrogens is 5. The van der Waals surface area contributed by atoms with Gasteiger partial charge in [0.1, 0.15) is 0 Å². The molecule has 0 bridgehead atoms. The van der Waals surface area contributed by atoms with E-state index in [1.165, 1.54) is 0 Å². The fraction of sp³-hybridized carbons (Fsp3) is 0.0625. The number of hydrogen-bond donors (Lipinski definition) is 1. The van der Waals surface area contributed by atoms with E-state index in [1.54, 1.807) is 22.3 Å². The molecule has 3 heterocycles. The summed E-state index contributed by atoms with van der Waals surface area (Å²) in [6, 6.07) is 11.7. The summed E-state index contributed by atoms with van der Waals surface area (Å²) in [5.41, 5.74) is 2.31. The Hall–Kier alpha value is -3.13. The Bertz CT molecular complexity index is 989. The Morgan fingerprint density at radius 3 is 3.00 bits per heavy atom. The highest BCUT2D eigenvalue weighted by Crippen LogP contribution is 2.17. The first kappa shape index (κ1) is 14.5. The van der Waals surface area contributed by atoms with Crippen molar-refractivity contribution in [2.75, 3.05) is 5.32 Å². The summed E-state index contributed by atoms with van der Waals surface area (Å²) in [6.45, 7) is 0.572. The minimum atomic E-state index is -0.319. The number of benzene rings is 1. The Labute approximate surface area is 141 Å². The van der Waals surface area contributed by atoms with Gasteiger partial charge in [-0.15, -0.1) is 5.10 Å². The third-order valence-corrected chi connectivity index (χ3v) is 4.03. The maximum Gasteiger partial charge on any atom is 0.278 e. The van der Waals surface area contributed by atoms with Crippen molar-refractivity contribution >= 4 is 34.2 Å². The Balaban J connectivity index is 1.54. The SMILES string of the molecule is O=C(Nc1ccn(Cc2cccc3cccnc23)n1)c1csnn1. The van der Waals surface area contributed by atoms with Crippen LogP contribution in [0.4, 0.5) is 5.82 Å². The van der Waals surface area contributed by atoms with E-state index in [-0.39, 0.29) is 11.6 Å². The largest absolute Gasteiger partial charge is 0.304 e. The lowest BCUT2D eigenvalue weighted by Gasteiger charge is -2.06. The van der Waals surface area contributed by atoms with Crippen LogP contribution in [0.3, 0.4) is 0 Å². The topological polar surface area (TPSA) is 85.6 Å². The zero-order chi connectivity index (χ0) is 16.4. The predicted octanol–water partition coefficient (Wildman–Crippen LogP) is 2.58. The van der Waals surface area contributed by atoms with Crippen molar-refractivity contribution < 1.29 is 4.79 Å². The van der Waals surface area contributed by atoms with Crippen molar-refractivity contribution in [1.82, 2.24) is 24.4 Å². The van der Waals surface area contributed by atoms with Gasteiger partial charge in [0.2, 0.25) is 0 Å². The standard InChI is InChI=1S/C16H12N6OS/c23-16(13-10-24-21-19-13)18-14-6-8-22(20-14)9-12-4-1-3-11-5-2-7-17-15(11)12/h1-8,10H,9H2,(H,18,20,23). The maximum atomic E-state index is 12.0. The zero-order valence-corrected chi connectivity index (χ0v) is 13.3. The van der Waals surface area contributed by atoms with Crippen molar-refractivity contribution in [2.45, 2.75) is 6.54 Å². The van der Waals surface area contributed by atoms with Crippen LogP contribution in [0, 0.1) is 0 Å². The van der Waals surface area contributed by atoms with Crippen molar-refractivity contribution in [1.29, 1.82) is 0 Å². The van der Waals surface area contributed by atoms with Crippen LogP contribution in [0.5, 0.6) is 0 Å². The third kappa shape index (κ3) is 2.86. The van der Waals surface area contributed by atoms with Crippen LogP contribution in [-0.4, -0.2) is 30.3 Å². The quantitative estimate of drug-likeness (QED) is 0.619. The molecule has 8 heteroatoms. The molecule has 0 aliphatic carbocycles. The van der Waals surface area contributed by atoms with Gasteiger partial charge in [-0.05, 0) is 23.2 Å². The molecule has 0 aliphatic rings. The lowest BCUT2D eigenvalue weighted by molar-refractivity contribution is 0.102. The number of hydrogen-bond acceptors (Lipinski definition) is 6. The molecule has 0 aliphatic heterocycles. The number of fused-ring (bicyclic) bond motifs is 1. The molecular formula is C16H12N6OS. The molecule has 7 nitrogen and oxygen atoms in total. The highest BCUT2D eigenvalue weighted by molar-refractivity contribution is 7.03. The molecule has 0 radical (unpaired) electrons. The van der Waals surface area contributed by atoms with Crippen molar-refractivity contribution in [3.8, 4) is 0 Å². The van der Waals surface area contributed by atoms with E-state index in [4.69, 9.17) is 0 Å². The molecule has 0 atom stereocenters. The number of anilines is 1. The van der Waals surface area contributed by atoms with Crippen LogP contribution in [-0.2, 0) is 6.54 Å². The van der Waals surface area contributed by atoms with Gasteiger partial charge in [0.25, 0.3) is 5.91 Å². The molecule has 1 amide bonds. The van der Waals surface area contributed by atoms with E-state index < -0.39 is 0 Å². The summed E-state index contributed by atoms with van der Waals surface area (Å²) in [7, 11) is 0. The fourth-order valence-corrected chi connectivity index (χ4v) is 2.87.